The van der Waals surface area contributed by atoms with Crippen LogP contribution < -0.4 is 11.1 Å². The molecule has 4 heteroatoms. The Morgan fingerprint density at radius 2 is 2.23 bits per heavy atom. The molecule has 0 radical (unpaired) electrons. The summed E-state index contributed by atoms with van der Waals surface area (Å²) in [5, 5.41) is 11.7. The molecule has 0 aliphatic rings. The molecule has 1 aromatic carbocycles. The maximum Gasteiger partial charge on any atom is 0.0604 e. The summed E-state index contributed by atoms with van der Waals surface area (Å²) in [5.41, 5.74) is 8.47. The van der Waals surface area contributed by atoms with E-state index >= 15 is 0 Å². The minimum absolute atomic E-state index is 0.121. The lowest BCUT2D eigenvalue weighted by molar-refractivity contribution is 0.311. The molecule has 0 saturated carbocycles. The van der Waals surface area contributed by atoms with E-state index < -0.39 is 0 Å². The van der Waals surface area contributed by atoms with Gasteiger partial charge in [0.25, 0.3) is 0 Å². The third-order valence-electron chi connectivity index (χ3n) is 1.78. The van der Waals surface area contributed by atoms with Crippen molar-refractivity contribution in [2.75, 3.05) is 24.2 Å². The quantitative estimate of drug-likeness (QED) is 0.711. The molecule has 13 heavy (non-hydrogen) atoms. The van der Waals surface area contributed by atoms with Crippen LogP contribution in [0.15, 0.2) is 16.6 Å². The van der Waals surface area contributed by atoms with Gasteiger partial charge in [0.2, 0.25) is 0 Å². The Balaban J connectivity index is 2.88. The van der Waals surface area contributed by atoms with Crippen molar-refractivity contribution in [3.05, 3.63) is 22.2 Å². The summed E-state index contributed by atoms with van der Waals surface area (Å²) in [4.78, 5) is 0. The van der Waals surface area contributed by atoms with Crippen LogP contribution in [0, 0.1) is 6.92 Å². The molecule has 0 spiro atoms. The first-order valence-corrected chi connectivity index (χ1v) is 4.85. The van der Waals surface area contributed by atoms with Gasteiger partial charge in [-0.1, -0.05) is 0 Å². The number of aliphatic hydroxyl groups is 1. The summed E-state index contributed by atoms with van der Waals surface area (Å²) in [6.45, 7) is 2.61. The summed E-state index contributed by atoms with van der Waals surface area (Å²) in [6, 6.07) is 3.81. The molecule has 1 aromatic rings. The first-order chi connectivity index (χ1) is 6.15. The molecule has 4 N–H and O–H groups in total. The van der Waals surface area contributed by atoms with Crippen LogP contribution in [0.1, 0.15) is 5.56 Å². The first kappa shape index (κ1) is 10.3. The lowest BCUT2D eigenvalue weighted by Gasteiger charge is -2.09. The van der Waals surface area contributed by atoms with Gasteiger partial charge < -0.3 is 16.2 Å². The van der Waals surface area contributed by atoms with Gasteiger partial charge in [-0.25, -0.2) is 0 Å². The average molecular weight is 245 g/mol. The molecule has 0 amide bonds. The van der Waals surface area contributed by atoms with Crippen LogP contribution in [0.4, 0.5) is 11.4 Å². The summed E-state index contributed by atoms with van der Waals surface area (Å²) in [7, 11) is 0. The molecule has 0 heterocycles. The third-order valence-corrected chi connectivity index (χ3v) is 2.44. The third kappa shape index (κ3) is 2.60. The molecule has 1 rings (SSSR count). The summed E-state index contributed by atoms with van der Waals surface area (Å²) in [5.74, 6) is 0. The number of nitrogens with one attached hydrogen (secondary N) is 1. The number of anilines is 2. The molecule has 0 bridgehead atoms. The number of aliphatic hydroxyl groups excluding tert-OH is 1. The molecule has 0 unspecified atom stereocenters. The largest absolute Gasteiger partial charge is 0.398 e. The second kappa shape index (κ2) is 4.48. The lowest BCUT2D eigenvalue weighted by Crippen LogP contribution is -2.06. The van der Waals surface area contributed by atoms with Gasteiger partial charge in [0.15, 0.2) is 0 Å². The molecular weight excluding hydrogens is 232 g/mol. The van der Waals surface area contributed by atoms with Crippen molar-refractivity contribution in [3.63, 3.8) is 0 Å². The molecule has 0 saturated heterocycles. The molecular formula is C9H13BrN2O. The van der Waals surface area contributed by atoms with Crippen molar-refractivity contribution < 1.29 is 5.11 Å². The molecule has 0 fully saturated rings. The van der Waals surface area contributed by atoms with Crippen molar-refractivity contribution in [2.24, 2.45) is 0 Å². The van der Waals surface area contributed by atoms with Crippen LogP contribution in [0.25, 0.3) is 0 Å². The van der Waals surface area contributed by atoms with Crippen molar-refractivity contribution >= 4 is 27.3 Å². The van der Waals surface area contributed by atoms with Gasteiger partial charge >= 0.3 is 0 Å². The summed E-state index contributed by atoms with van der Waals surface area (Å²) < 4.78 is 0.920. The maximum atomic E-state index is 8.64. The highest BCUT2D eigenvalue weighted by Gasteiger charge is 2.01. The second-order valence-corrected chi connectivity index (χ2v) is 3.69. The fourth-order valence-electron chi connectivity index (χ4n) is 1.02. The van der Waals surface area contributed by atoms with E-state index in [0.717, 1.165) is 21.4 Å². The van der Waals surface area contributed by atoms with E-state index in [1.54, 1.807) is 0 Å². The van der Waals surface area contributed by atoms with Gasteiger partial charge in [0.05, 0.1) is 6.61 Å². The van der Waals surface area contributed by atoms with Crippen LogP contribution in [0.2, 0.25) is 0 Å². The van der Waals surface area contributed by atoms with E-state index in [4.69, 9.17) is 10.8 Å². The standard InChI is InChI=1S/C9H13BrN2O/c1-6-4-9(12-2-3-13)7(10)5-8(6)11/h4-5,12-13H,2-3,11H2,1H3. The van der Waals surface area contributed by atoms with Crippen LogP contribution >= 0.6 is 15.9 Å². The van der Waals surface area contributed by atoms with E-state index in [1.807, 2.05) is 19.1 Å². The topological polar surface area (TPSA) is 58.3 Å². The number of nitrogens with two attached hydrogens (primary N) is 1. The molecule has 0 aliphatic carbocycles. The monoisotopic (exact) mass is 244 g/mol. The second-order valence-electron chi connectivity index (χ2n) is 2.84. The summed E-state index contributed by atoms with van der Waals surface area (Å²) in [6.07, 6.45) is 0. The Labute approximate surface area is 86.1 Å². The Bertz CT molecular complexity index is 302. The Morgan fingerprint density at radius 1 is 1.54 bits per heavy atom. The zero-order chi connectivity index (χ0) is 9.84. The average Bonchev–Trinajstić information content (AvgIpc) is 2.09. The molecule has 0 atom stereocenters. The first-order valence-electron chi connectivity index (χ1n) is 4.05. The Morgan fingerprint density at radius 3 is 2.85 bits per heavy atom. The zero-order valence-electron chi connectivity index (χ0n) is 7.47. The van der Waals surface area contributed by atoms with Crippen LogP contribution in [0.5, 0.6) is 0 Å². The van der Waals surface area contributed by atoms with E-state index in [9.17, 15) is 0 Å². The highest BCUT2D eigenvalue weighted by molar-refractivity contribution is 9.10. The zero-order valence-corrected chi connectivity index (χ0v) is 9.06. The number of rotatable bonds is 3. The van der Waals surface area contributed by atoms with Crippen molar-refractivity contribution in [3.8, 4) is 0 Å². The van der Waals surface area contributed by atoms with Crippen LogP contribution in [-0.4, -0.2) is 18.3 Å². The van der Waals surface area contributed by atoms with E-state index in [-0.39, 0.29) is 6.61 Å². The van der Waals surface area contributed by atoms with Crippen LogP contribution in [-0.2, 0) is 0 Å². The van der Waals surface area contributed by atoms with Gasteiger partial charge in [-0.3, -0.25) is 0 Å². The highest BCUT2D eigenvalue weighted by Crippen LogP contribution is 2.27. The molecule has 0 aromatic heterocycles. The fourth-order valence-corrected chi connectivity index (χ4v) is 1.52. The number of hydrogen-bond donors (Lipinski definition) is 3. The number of benzene rings is 1. The lowest BCUT2D eigenvalue weighted by atomic mass is 10.2. The van der Waals surface area contributed by atoms with Gasteiger partial charge in [0, 0.05) is 22.4 Å². The van der Waals surface area contributed by atoms with Crippen molar-refractivity contribution in [1.29, 1.82) is 0 Å². The van der Waals surface area contributed by atoms with Gasteiger partial charge in [0.1, 0.15) is 0 Å². The summed E-state index contributed by atoms with van der Waals surface area (Å²) >= 11 is 3.39. The van der Waals surface area contributed by atoms with Gasteiger partial charge in [-0.15, -0.1) is 0 Å². The normalized spacial score (nSPS) is 10.1. The number of hydrogen-bond acceptors (Lipinski definition) is 3. The molecule has 3 nitrogen and oxygen atoms in total. The predicted octanol–water partition coefficient (Wildman–Crippen LogP) is 1.74. The van der Waals surface area contributed by atoms with E-state index in [2.05, 4.69) is 21.2 Å². The van der Waals surface area contributed by atoms with Crippen molar-refractivity contribution in [1.82, 2.24) is 0 Å². The minimum Gasteiger partial charge on any atom is -0.398 e. The number of nitrogen functional groups attached to an aromatic ring is 1. The number of aryl methyl sites for hydroxylation is 1. The van der Waals surface area contributed by atoms with E-state index in [1.165, 1.54) is 0 Å². The van der Waals surface area contributed by atoms with E-state index in [0.29, 0.717) is 6.54 Å². The van der Waals surface area contributed by atoms with Gasteiger partial charge in [-0.2, -0.15) is 0 Å². The number of halogens is 1. The Hall–Kier alpha value is -0.740. The molecule has 0 aliphatic heterocycles. The Kier molecular flexibility index (Phi) is 3.57. The van der Waals surface area contributed by atoms with Crippen molar-refractivity contribution in [2.45, 2.75) is 6.92 Å². The van der Waals surface area contributed by atoms with Gasteiger partial charge in [-0.05, 0) is 40.5 Å². The predicted molar refractivity (Wildman–Crippen MR) is 58.9 cm³/mol. The smallest absolute Gasteiger partial charge is 0.0604 e. The fraction of sp³-hybridized carbons (Fsp3) is 0.333. The SMILES string of the molecule is Cc1cc(NCCO)c(Br)cc1N. The maximum absolute atomic E-state index is 8.64. The minimum atomic E-state index is 0.121. The highest BCUT2D eigenvalue weighted by atomic mass is 79.9. The van der Waals surface area contributed by atoms with Crippen LogP contribution in [0.3, 0.4) is 0 Å². The molecule has 72 valence electrons.